The Morgan fingerprint density at radius 1 is 1.22 bits per heavy atom. The Morgan fingerprint density at radius 2 is 1.95 bits per heavy atom. The smallest absolute Gasteiger partial charge is 0.341 e. The number of nitrogens with one attached hydrogen (secondary N) is 1. The molecule has 0 aliphatic heterocycles. The van der Waals surface area contributed by atoms with Gasteiger partial charge in [0.25, 0.3) is 17.5 Å². The summed E-state index contributed by atoms with van der Waals surface area (Å²) in [7, 11) is 3.18. The van der Waals surface area contributed by atoms with Crippen molar-refractivity contribution in [3.8, 4) is 5.75 Å². The molecule has 1 aromatic carbocycles. The molecule has 2 amide bonds. The SMILES string of the molecule is CCCOC(=O)c1c(NC(=O)c2ccc(COc3ccc([N+](=O)[O-])cc3Cl)o2)sc(C(=O)N(C)C)c1C. The summed E-state index contributed by atoms with van der Waals surface area (Å²) >= 11 is 7.00. The molecule has 0 saturated heterocycles. The minimum absolute atomic E-state index is 0.0531. The second kappa shape index (κ2) is 11.9. The summed E-state index contributed by atoms with van der Waals surface area (Å²) in [6.45, 7) is 3.57. The Balaban J connectivity index is 1.77. The highest BCUT2D eigenvalue weighted by Crippen LogP contribution is 2.35. The number of anilines is 1. The van der Waals surface area contributed by atoms with E-state index in [4.69, 9.17) is 25.5 Å². The molecule has 13 heteroatoms. The van der Waals surface area contributed by atoms with Gasteiger partial charge in [-0.3, -0.25) is 19.7 Å². The molecule has 0 aliphatic rings. The van der Waals surface area contributed by atoms with Gasteiger partial charge in [-0.15, -0.1) is 11.3 Å². The first-order valence-electron chi connectivity index (χ1n) is 11.0. The predicted molar refractivity (Wildman–Crippen MR) is 137 cm³/mol. The fourth-order valence-electron chi connectivity index (χ4n) is 3.13. The van der Waals surface area contributed by atoms with Gasteiger partial charge in [0, 0.05) is 26.2 Å². The normalized spacial score (nSPS) is 10.6. The van der Waals surface area contributed by atoms with Gasteiger partial charge in [-0.05, 0) is 37.1 Å². The number of esters is 1. The molecule has 1 N–H and O–H groups in total. The van der Waals surface area contributed by atoms with Crippen molar-refractivity contribution in [3.63, 3.8) is 0 Å². The molecule has 0 unspecified atom stereocenters. The van der Waals surface area contributed by atoms with E-state index >= 15 is 0 Å². The maximum atomic E-state index is 12.9. The average molecular weight is 550 g/mol. The van der Waals surface area contributed by atoms with Gasteiger partial charge in [0.1, 0.15) is 23.1 Å². The summed E-state index contributed by atoms with van der Waals surface area (Å²) in [4.78, 5) is 50.1. The number of thiophene rings is 1. The lowest BCUT2D eigenvalue weighted by molar-refractivity contribution is -0.384. The molecule has 37 heavy (non-hydrogen) atoms. The van der Waals surface area contributed by atoms with Crippen molar-refractivity contribution in [2.45, 2.75) is 26.9 Å². The van der Waals surface area contributed by atoms with E-state index < -0.39 is 16.8 Å². The fraction of sp³-hybridized carbons (Fsp3) is 0.292. The van der Waals surface area contributed by atoms with Crippen LogP contribution in [-0.2, 0) is 11.3 Å². The van der Waals surface area contributed by atoms with Crippen LogP contribution in [0.15, 0.2) is 34.7 Å². The van der Waals surface area contributed by atoms with Crippen LogP contribution in [0.3, 0.4) is 0 Å². The molecule has 2 heterocycles. The van der Waals surface area contributed by atoms with Gasteiger partial charge in [0.15, 0.2) is 5.76 Å². The average Bonchev–Trinajstić information content (AvgIpc) is 3.45. The van der Waals surface area contributed by atoms with Crippen LogP contribution in [-0.4, -0.2) is 48.3 Å². The molecule has 11 nitrogen and oxygen atoms in total. The zero-order valence-electron chi connectivity index (χ0n) is 20.5. The minimum Gasteiger partial charge on any atom is -0.484 e. The van der Waals surface area contributed by atoms with Crippen molar-refractivity contribution in [3.05, 3.63) is 73.0 Å². The highest BCUT2D eigenvalue weighted by atomic mass is 35.5. The maximum Gasteiger partial charge on any atom is 0.341 e. The number of hydrogen-bond donors (Lipinski definition) is 1. The second-order valence-corrected chi connectivity index (χ2v) is 9.40. The zero-order chi connectivity index (χ0) is 27.3. The lowest BCUT2D eigenvalue weighted by atomic mass is 10.1. The lowest BCUT2D eigenvalue weighted by Gasteiger charge is -2.09. The molecule has 3 aromatic rings. The van der Waals surface area contributed by atoms with Crippen LogP contribution in [0.1, 0.15) is 55.3 Å². The number of benzene rings is 1. The van der Waals surface area contributed by atoms with E-state index in [0.717, 1.165) is 11.3 Å². The van der Waals surface area contributed by atoms with Gasteiger partial charge in [-0.2, -0.15) is 0 Å². The van der Waals surface area contributed by atoms with Gasteiger partial charge >= 0.3 is 5.97 Å². The quantitative estimate of drug-likeness (QED) is 0.204. The summed E-state index contributed by atoms with van der Waals surface area (Å²) in [5.41, 5.74) is 0.347. The predicted octanol–water partition coefficient (Wildman–Crippen LogP) is 5.31. The van der Waals surface area contributed by atoms with Crippen molar-refractivity contribution in [1.82, 2.24) is 4.90 Å². The molecule has 0 atom stereocenters. The first kappa shape index (κ1) is 27.7. The molecule has 0 bridgehead atoms. The van der Waals surface area contributed by atoms with Crippen LogP contribution < -0.4 is 10.1 Å². The molecule has 0 fully saturated rings. The van der Waals surface area contributed by atoms with E-state index in [1.807, 2.05) is 6.92 Å². The lowest BCUT2D eigenvalue weighted by Crippen LogP contribution is -2.21. The van der Waals surface area contributed by atoms with Gasteiger partial charge < -0.3 is 24.1 Å². The first-order valence-corrected chi connectivity index (χ1v) is 12.2. The molecule has 3 rings (SSSR count). The van der Waals surface area contributed by atoms with Crippen molar-refractivity contribution < 1.29 is 33.2 Å². The molecule has 196 valence electrons. The largest absolute Gasteiger partial charge is 0.484 e. The number of rotatable bonds is 10. The zero-order valence-corrected chi connectivity index (χ0v) is 22.0. The van der Waals surface area contributed by atoms with Crippen LogP contribution in [0.5, 0.6) is 5.75 Å². The Morgan fingerprint density at radius 3 is 2.57 bits per heavy atom. The molecule has 0 spiro atoms. The minimum atomic E-state index is -0.644. The number of nitrogens with zero attached hydrogens (tertiary/aromatic N) is 2. The first-order chi connectivity index (χ1) is 17.5. The third-order valence-electron chi connectivity index (χ3n) is 5.00. The summed E-state index contributed by atoms with van der Waals surface area (Å²) in [5, 5.41) is 13.7. The Labute approximate surface area is 221 Å². The van der Waals surface area contributed by atoms with Gasteiger partial charge in [-0.25, -0.2) is 4.79 Å². The monoisotopic (exact) mass is 549 g/mol. The highest BCUT2D eigenvalue weighted by Gasteiger charge is 2.28. The van der Waals surface area contributed by atoms with E-state index in [2.05, 4.69) is 5.32 Å². The van der Waals surface area contributed by atoms with Gasteiger partial charge in [0.05, 0.1) is 27.0 Å². The van der Waals surface area contributed by atoms with Crippen molar-refractivity contribution in [2.24, 2.45) is 0 Å². The number of furan rings is 1. The molecule has 2 aromatic heterocycles. The van der Waals surface area contributed by atoms with Crippen LogP contribution >= 0.6 is 22.9 Å². The number of nitro benzene ring substituents is 1. The Bertz CT molecular complexity index is 1350. The van der Waals surface area contributed by atoms with Crippen LogP contribution in [0.4, 0.5) is 10.7 Å². The summed E-state index contributed by atoms with van der Waals surface area (Å²) < 4.78 is 16.3. The van der Waals surface area contributed by atoms with E-state index in [1.165, 1.54) is 35.2 Å². The number of amides is 2. The van der Waals surface area contributed by atoms with Crippen LogP contribution in [0.25, 0.3) is 0 Å². The second-order valence-electron chi connectivity index (χ2n) is 7.98. The Hall–Kier alpha value is -3.90. The number of carbonyl (C=O) groups excluding carboxylic acids is 3. The van der Waals surface area contributed by atoms with Crippen molar-refractivity contribution in [1.29, 1.82) is 0 Å². The fourth-order valence-corrected chi connectivity index (χ4v) is 4.57. The topological polar surface area (TPSA) is 141 Å². The van der Waals surface area contributed by atoms with E-state index in [-0.39, 0.29) is 57.7 Å². The summed E-state index contributed by atoms with van der Waals surface area (Å²) in [6, 6.07) is 6.73. The molecular formula is C24H24ClN3O8S. The van der Waals surface area contributed by atoms with E-state index in [1.54, 1.807) is 21.0 Å². The number of nitro groups is 1. The summed E-state index contributed by atoms with van der Waals surface area (Å²) in [5.74, 6) is -1.17. The van der Waals surface area contributed by atoms with Gasteiger partial charge in [-0.1, -0.05) is 18.5 Å². The number of halogens is 1. The third-order valence-corrected chi connectivity index (χ3v) is 6.49. The summed E-state index contributed by atoms with van der Waals surface area (Å²) in [6.07, 6.45) is 0.614. The standard InChI is InChI=1S/C24H24ClN3O8S/c1-5-10-34-24(31)19-13(2)20(23(30)27(3)4)37-22(19)26-21(29)18-9-7-15(36-18)12-35-17-8-6-14(28(32)33)11-16(17)25/h6-9,11H,5,10,12H2,1-4H3,(H,26,29). The number of ether oxygens (including phenoxy) is 2. The number of carbonyl (C=O) groups is 3. The van der Waals surface area contributed by atoms with E-state index in [9.17, 15) is 24.5 Å². The number of hydrogen-bond acceptors (Lipinski definition) is 9. The van der Waals surface area contributed by atoms with Crippen molar-refractivity contribution in [2.75, 3.05) is 26.0 Å². The van der Waals surface area contributed by atoms with E-state index in [0.29, 0.717) is 16.9 Å². The Kier molecular flexibility index (Phi) is 8.90. The molecule has 0 saturated carbocycles. The maximum absolute atomic E-state index is 12.9. The van der Waals surface area contributed by atoms with Crippen LogP contribution in [0, 0.1) is 17.0 Å². The van der Waals surface area contributed by atoms with Gasteiger partial charge in [0.2, 0.25) is 0 Å². The third kappa shape index (κ3) is 6.46. The number of non-ortho nitro benzene ring substituents is 1. The highest BCUT2D eigenvalue weighted by molar-refractivity contribution is 7.18. The van der Waals surface area contributed by atoms with Crippen molar-refractivity contribution >= 4 is 51.4 Å². The van der Waals surface area contributed by atoms with Crippen LogP contribution in [0.2, 0.25) is 5.02 Å². The molecule has 0 aliphatic carbocycles. The molecule has 0 radical (unpaired) electrons. The molecular weight excluding hydrogens is 526 g/mol.